The highest BCUT2D eigenvalue weighted by molar-refractivity contribution is 5.90. The molecule has 1 aliphatic heterocycles. The SMILES string of the molecule is Cc1nc(-c2cccc(NC(=O)N[C@H]3CCCOc4ccc(F)cc43)c2)no1. The number of benzene rings is 2. The smallest absolute Gasteiger partial charge is 0.319 e. The first-order valence-electron chi connectivity index (χ1n) is 8.99. The van der Waals surface area contributed by atoms with Gasteiger partial charge in [-0.05, 0) is 43.2 Å². The van der Waals surface area contributed by atoms with Crippen molar-refractivity contribution in [2.24, 2.45) is 0 Å². The van der Waals surface area contributed by atoms with Gasteiger partial charge in [0.25, 0.3) is 0 Å². The summed E-state index contributed by atoms with van der Waals surface area (Å²) < 4.78 is 24.3. The summed E-state index contributed by atoms with van der Waals surface area (Å²) in [6, 6.07) is 10.8. The van der Waals surface area contributed by atoms with E-state index in [9.17, 15) is 9.18 Å². The second-order valence-corrected chi connectivity index (χ2v) is 6.54. The fourth-order valence-corrected chi connectivity index (χ4v) is 3.18. The largest absolute Gasteiger partial charge is 0.493 e. The summed E-state index contributed by atoms with van der Waals surface area (Å²) in [6.45, 7) is 2.24. The van der Waals surface area contributed by atoms with Gasteiger partial charge in [-0.15, -0.1) is 0 Å². The Morgan fingerprint density at radius 3 is 2.96 bits per heavy atom. The molecular weight excluding hydrogens is 363 g/mol. The fourth-order valence-electron chi connectivity index (χ4n) is 3.18. The lowest BCUT2D eigenvalue weighted by molar-refractivity contribution is 0.247. The van der Waals surface area contributed by atoms with E-state index in [-0.39, 0.29) is 17.9 Å². The number of hydrogen-bond acceptors (Lipinski definition) is 5. The van der Waals surface area contributed by atoms with Crippen LogP contribution in [-0.2, 0) is 0 Å². The summed E-state index contributed by atoms with van der Waals surface area (Å²) in [5, 5.41) is 9.59. The predicted octanol–water partition coefficient (Wildman–Crippen LogP) is 4.22. The van der Waals surface area contributed by atoms with Gasteiger partial charge in [-0.3, -0.25) is 0 Å². The molecule has 28 heavy (non-hydrogen) atoms. The maximum atomic E-state index is 13.7. The first kappa shape index (κ1) is 18.0. The van der Waals surface area contributed by atoms with Crippen LogP contribution in [0.4, 0.5) is 14.9 Å². The lowest BCUT2D eigenvalue weighted by atomic mass is 10.0. The highest BCUT2D eigenvalue weighted by atomic mass is 19.1. The van der Waals surface area contributed by atoms with E-state index >= 15 is 0 Å². The molecular formula is C20H19FN4O3. The molecule has 2 aromatic carbocycles. The average molecular weight is 382 g/mol. The van der Waals surface area contributed by atoms with Crippen molar-refractivity contribution in [2.45, 2.75) is 25.8 Å². The zero-order valence-corrected chi connectivity index (χ0v) is 15.2. The lowest BCUT2D eigenvalue weighted by Crippen LogP contribution is -2.32. The standard InChI is InChI=1S/C20H19FN4O3/c1-12-22-19(25-28-12)13-4-2-5-15(10-13)23-20(26)24-17-6-3-9-27-18-8-7-14(21)11-16(17)18/h2,4-5,7-8,10-11,17H,3,6,9H2,1H3,(H2,23,24,26)/t17-/m0/s1. The van der Waals surface area contributed by atoms with Crippen LogP contribution in [0.25, 0.3) is 11.4 Å². The maximum Gasteiger partial charge on any atom is 0.319 e. The third-order valence-corrected chi connectivity index (χ3v) is 4.45. The minimum atomic E-state index is -0.386. The molecule has 0 spiro atoms. The Balaban J connectivity index is 1.49. The second kappa shape index (κ2) is 7.67. The first-order valence-corrected chi connectivity index (χ1v) is 8.99. The van der Waals surface area contributed by atoms with E-state index in [1.807, 2.05) is 6.07 Å². The number of rotatable bonds is 3. The van der Waals surface area contributed by atoms with Gasteiger partial charge in [-0.2, -0.15) is 4.98 Å². The first-order chi connectivity index (χ1) is 13.6. The molecule has 1 aliphatic rings. The van der Waals surface area contributed by atoms with E-state index in [1.54, 1.807) is 31.2 Å². The molecule has 0 saturated carbocycles. The minimum Gasteiger partial charge on any atom is -0.493 e. The number of urea groups is 1. The number of carbonyl (C=O) groups excluding carboxylic acids is 1. The van der Waals surface area contributed by atoms with Crippen LogP contribution >= 0.6 is 0 Å². The molecule has 0 saturated heterocycles. The molecule has 0 unspecified atom stereocenters. The van der Waals surface area contributed by atoms with Crippen molar-refractivity contribution < 1.29 is 18.4 Å². The molecule has 0 bridgehead atoms. The van der Waals surface area contributed by atoms with Crippen molar-refractivity contribution in [2.75, 3.05) is 11.9 Å². The van der Waals surface area contributed by atoms with Crippen molar-refractivity contribution in [3.63, 3.8) is 0 Å². The number of ether oxygens (including phenoxy) is 1. The van der Waals surface area contributed by atoms with Crippen LogP contribution in [0.1, 0.15) is 30.3 Å². The van der Waals surface area contributed by atoms with Crippen LogP contribution in [-0.4, -0.2) is 22.8 Å². The number of fused-ring (bicyclic) bond motifs is 1. The molecule has 2 amide bonds. The van der Waals surface area contributed by atoms with Crippen molar-refractivity contribution in [1.82, 2.24) is 15.5 Å². The number of halogens is 1. The van der Waals surface area contributed by atoms with Crippen LogP contribution in [0.2, 0.25) is 0 Å². The maximum absolute atomic E-state index is 13.7. The van der Waals surface area contributed by atoms with Crippen LogP contribution in [0.15, 0.2) is 47.0 Å². The fraction of sp³-hybridized carbons (Fsp3) is 0.250. The third-order valence-electron chi connectivity index (χ3n) is 4.45. The average Bonchev–Trinajstić information content (AvgIpc) is 3.02. The van der Waals surface area contributed by atoms with Crippen LogP contribution in [0, 0.1) is 12.7 Å². The van der Waals surface area contributed by atoms with Gasteiger partial charge in [0.05, 0.1) is 12.6 Å². The highest BCUT2D eigenvalue weighted by Gasteiger charge is 2.22. The van der Waals surface area contributed by atoms with E-state index < -0.39 is 0 Å². The Kier molecular flexibility index (Phi) is 4.92. The minimum absolute atomic E-state index is 0.337. The van der Waals surface area contributed by atoms with Gasteiger partial charge in [-0.1, -0.05) is 17.3 Å². The molecule has 0 fully saturated rings. The van der Waals surface area contributed by atoms with E-state index in [0.717, 1.165) is 12.0 Å². The summed E-state index contributed by atoms with van der Waals surface area (Å²) >= 11 is 0. The number of carbonyl (C=O) groups is 1. The quantitative estimate of drug-likeness (QED) is 0.708. The van der Waals surface area contributed by atoms with Gasteiger partial charge in [0, 0.05) is 23.7 Å². The monoisotopic (exact) mass is 382 g/mol. The van der Waals surface area contributed by atoms with Gasteiger partial charge in [0.1, 0.15) is 11.6 Å². The van der Waals surface area contributed by atoms with Crippen LogP contribution in [0.5, 0.6) is 5.75 Å². The summed E-state index contributed by atoms with van der Waals surface area (Å²) in [4.78, 5) is 16.7. The zero-order valence-electron chi connectivity index (χ0n) is 15.2. The van der Waals surface area contributed by atoms with Gasteiger partial charge in [0.15, 0.2) is 0 Å². The molecule has 7 nitrogen and oxygen atoms in total. The molecule has 0 aliphatic carbocycles. The molecule has 4 rings (SSSR count). The van der Waals surface area contributed by atoms with Gasteiger partial charge in [-0.25, -0.2) is 9.18 Å². The normalized spacial score (nSPS) is 15.9. The highest BCUT2D eigenvalue weighted by Crippen LogP contribution is 2.32. The van der Waals surface area contributed by atoms with E-state index in [0.29, 0.717) is 41.7 Å². The summed E-state index contributed by atoms with van der Waals surface area (Å²) in [6.07, 6.45) is 1.42. The summed E-state index contributed by atoms with van der Waals surface area (Å²) in [7, 11) is 0. The van der Waals surface area contributed by atoms with Crippen LogP contribution < -0.4 is 15.4 Å². The number of amides is 2. The van der Waals surface area contributed by atoms with Crippen molar-refractivity contribution in [3.05, 3.63) is 59.7 Å². The number of nitrogens with zero attached hydrogens (tertiary/aromatic N) is 2. The van der Waals surface area contributed by atoms with Crippen molar-refractivity contribution in [1.29, 1.82) is 0 Å². The Bertz CT molecular complexity index is 1000. The Labute approximate surface area is 160 Å². The van der Waals surface area contributed by atoms with Gasteiger partial charge < -0.3 is 19.9 Å². The summed E-state index contributed by atoms with van der Waals surface area (Å²) in [5.41, 5.74) is 1.95. The number of hydrogen-bond donors (Lipinski definition) is 2. The van der Waals surface area contributed by atoms with E-state index in [1.165, 1.54) is 12.1 Å². The molecule has 1 atom stereocenters. The molecule has 0 radical (unpaired) electrons. The van der Waals surface area contributed by atoms with Crippen molar-refractivity contribution in [3.8, 4) is 17.1 Å². The van der Waals surface area contributed by atoms with Crippen molar-refractivity contribution >= 4 is 11.7 Å². The Morgan fingerprint density at radius 1 is 1.25 bits per heavy atom. The molecule has 2 heterocycles. The molecule has 3 aromatic rings. The number of aromatic nitrogens is 2. The molecule has 2 N–H and O–H groups in total. The number of aryl methyl sites for hydroxylation is 1. The van der Waals surface area contributed by atoms with E-state index in [2.05, 4.69) is 20.8 Å². The predicted molar refractivity (Wildman–Crippen MR) is 100 cm³/mol. The molecule has 1 aromatic heterocycles. The van der Waals surface area contributed by atoms with Crippen LogP contribution in [0.3, 0.4) is 0 Å². The zero-order chi connectivity index (χ0) is 19.5. The van der Waals surface area contributed by atoms with E-state index in [4.69, 9.17) is 9.26 Å². The molecule has 144 valence electrons. The lowest BCUT2D eigenvalue weighted by Gasteiger charge is -2.19. The molecule has 8 heteroatoms. The summed E-state index contributed by atoms with van der Waals surface area (Å²) in [5.74, 6) is 1.15. The second-order valence-electron chi connectivity index (χ2n) is 6.54. The number of anilines is 1. The number of nitrogens with one attached hydrogen (secondary N) is 2. The Morgan fingerprint density at radius 2 is 2.14 bits per heavy atom. The van der Waals surface area contributed by atoms with Gasteiger partial charge in [0.2, 0.25) is 11.7 Å². The van der Waals surface area contributed by atoms with Gasteiger partial charge >= 0.3 is 6.03 Å². The third kappa shape index (κ3) is 3.95. The Hall–Kier alpha value is -3.42. The topological polar surface area (TPSA) is 89.3 Å².